The smallest absolute Gasteiger partial charge is 0.261 e. The van der Waals surface area contributed by atoms with Gasteiger partial charge < -0.3 is 10.4 Å². The molecule has 130 valence electrons. The summed E-state index contributed by atoms with van der Waals surface area (Å²) in [6.45, 7) is 4.29. The van der Waals surface area contributed by atoms with E-state index in [0.717, 1.165) is 17.7 Å². The lowest BCUT2D eigenvalue weighted by atomic mass is 10.2. The molecule has 0 aliphatic carbocycles. The van der Waals surface area contributed by atoms with Crippen LogP contribution in [0.25, 0.3) is 6.08 Å². The van der Waals surface area contributed by atoms with Crippen molar-refractivity contribution in [3.63, 3.8) is 0 Å². The highest BCUT2D eigenvalue weighted by Crippen LogP contribution is 2.11. The topological polar surface area (TPSA) is 85.5 Å². The van der Waals surface area contributed by atoms with Gasteiger partial charge >= 0.3 is 0 Å². The second kappa shape index (κ2) is 11.4. The molecule has 0 unspecified atom stereocenters. The monoisotopic (exact) mass is 337 g/mol. The number of hydrogen-bond acceptors (Lipinski definition) is 4. The fourth-order valence-electron chi connectivity index (χ4n) is 2.02. The number of aliphatic imine (C=N–C) groups is 1. The van der Waals surface area contributed by atoms with Crippen molar-refractivity contribution in [1.82, 2.24) is 5.32 Å². The number of phenols is 1. The Bertz CT molecular complexity index is 720. The molecule has 0 saturated heterocycles. The zero-order valence-electron chi connectivity index (χ0n) is 14.6. The number of aromatic hydroxyl groups is 1. The van der Waals surface area contributed by atoms with Gasteiger partial charge in [0.15, 0.2) is 0 Å². The number of amides is 1. The van der Waals surface area contributed by atoms with Gasteiger partial charge in [0.2, 0.25) is 0 Å². The molecule has 1 aromatic rings. The third kappa shape index (κ3) is 7.80. The summed E-state index contributed by atoms with van der Waals surface area (Å²) in [5, 5.41) is 21.1. The second-order valence-electron chi connectivity index (χ2n) is 5.14. The van der Waals surface area contributed by atoms with Crippen LogP contribution in [0, 0.1) is 11.3 Å². The van der Waals surface area contributed by atoms with E-state index in [0.29, 0.717) is 13.0 Å². The third-order valence-corrected chi connectivity index (χ3v) is 3.21. The van der Waals surface area contributed by atoms with Gasteiger partial charge in [-0.25, -0.2) is 0 Å². The summed E-state index contributed by atoms with van der Waals surface area (Å²) < 4.78 is 0. The summed E-state index contributed by atoms with van der Waals surface area (Å²) in [7, 11) is 0. The van der Waals surface area contributed by atoms with Crippen molar-refractivity contribution in [2.45, 2.75) is 26.7 Å². The predicted molar refractivity (Wildman–Crippen MR) is 101 cm³/mol. The number of rotatable bonds is 8. The standard InChI is InChI=1S/C20H23N3O2/c1-3-6-18(22-4-2)13-14-23-20(25)17(15-21)8-5-7-16-9-11-19(24)12-10-16/h4-12,24H,3,13-14H2,1-2H3,(H,23,25)/b7-5+,17-8+,18-6-,22-4?. The van der Waals surface area contributed by atoms with Gasteiger partial charge in [0.25, 0.3) is 5.91 Å². The van der Waals surface area contributed by atoms with Crippen molar-refractivity contribution in [3.05, 3.63) is 59.3 Å². The molecule has 0 aromatic heterocycles. The van der Waals surface area contributed by atoms with Crippen LogP contribution >= 0.6 is 0 Å². The van der Waals surface area contributed by atoms with Gasteiger partial charge in [-0.1, -0.05) is 37.3 Å². The molecule has 0 bridgehead atoms. The number of hydrogen-bond donors (Lipinski definition) is 2. The van der Waals surface area contributed by atoms with Crippen LogP contribution in [0.4, 0.5) is 0 Å². The molecule has 0 atom stereocenters. The zero-order chi connectivity index (χ0) is 18.5. The molecule has 1 rings (SSSR count). The highest BCUT2D eigenvalue weighted by molar-refractivity contribution is 5.97. The molecule has 0 saturated carbocycles. The SMILES string of the molecule is CC=N/C(=C\CC)CCNC(=O)/C(C#N)=C/C=C/c1ccc(O)cc1. The molecule has 0 heterocycles. The van der Waals surface area contributed by atoms with Crippen LogP contribution in [0.15, 0.2) is 58.8 Å². The van der Waals surface area contributed by atoms with Crippen molar-refractivity contribution >= 4 is 18.2 Å². The number of nitriles is 1. The third-order valence-electron chi connectivity index (χ3n) is 3.21. The summed E-state index contributed by atoms with van der Waals surface area (Å²) in [6, 6.07) is 8.52. The van der Waals surface area contributed by atoms with Crippen molar-refractivity contribution in [3.8, 4) is 11.8 Å². The van der Waals surface area contributed by atoms with E-state index < -0.39 is 5.91 Å². The van der Waals surface area contributed by atoms with Crippen molar-refractivity contribution in [2.24, 2.45) is 4.99 Å². The van der Waals surface area contributed by atoms with Gasteiger partial charge in [0.1, 0.15) is 17.4 Å². The number of nitrogens with one attached hydrogen (secondary N) is 1. The van der Waals surface area contributed by atoms with Crippen LogP contribution in [0.2, 0.25) is 0 Å². The number of carbonyl (C=O) groups excluding carboxylic acids is 1. The minimum atomic E-state index is -0.408. The molecule has 1 aromatic carbocycles. The van der Waals surface area contributed by atoms with E-state index in [1.165, 1.54) is 6.08 Å². The molecule has 0 spiro atoms. The summed E-state index contributed by atoms with van der Waals surface area (Å²) >= 11 is 0. The molecule has 0 aliphatic heterocycles. The Hall–Kier alpha value is -3.13. The number of nitrogens with zero attached hydrogens (tertiary/aromatic N) is 2. The maximum atomic E-state index is 12.0. The molecule has 25 heavy (non-hydrogen) atoms. The van der Waals surface area contributed by atoms with Gasteiger partial charge in [-0.15, -0.1) is 0 Å². The first kappa shape index (κ1) is 19.9. The molecule has 1 amide bonds. The Kier molecular flexibility index (Phi) is 9.09. The fourth-order valence-corrected chi connectivity index (χ4v) is 2.02. The normalized spacial score (nSPS) is 12.5. The fraction of sp³-hybridized carbons (Fsp3) is 0.250. The zero-order valence-corrected chi connectivity index (χ0v) is 14.6. The van der Waals surface area contributed by atoms with Gasteiger partial charge in [0, 0.05) is 24.9 Å². The first-order valence-electron chi connectivity index (χ1n) is 8.14. The Morgan fingerprint density at radius 3 is 2.68 bits per heavy atom. The van der Waals surface area contributed by atoms with E-state index in [9.17, 15) is 9.90 Å². The van der Waals surface area contributed by atoms with Gasteiger partial charge in [-0.3, -0.25) is 9.79 Å². The van der Waals surface area contributed by atoms with E-state index in [1.54, 1.807) is 42.6 Å². The van der Waals surface area contributed by atoms with E-state index >= 15 is 0 Å². The quantitative estimate of drug-likeness (QED) is 0.328. The minimum absolute atomic E-state index is 0.0371. The number of allylic oxidation sites excluding steroid dienone is 3. The largest absolute Gasteiger partial charge is 0.508 e. The molecule has 5 heteroatoms. The molecule has 2 N–H and O–H groups in total. The average Bonchev–Trinajstić information content (AvgIpc) is 2.60. The Labute approximate surface area is 148 Å². The van der Waals surface area contributed by atoms with Crippen LogP contribution in [-0.4, -0.2) is 23.8 Å². The van der Waals surface area contributed by atoms with E-state index in [2.05, 4.69) is 10.3 Å². The van der Waals surface area contributed by atoms with Crippen LogP contribution in [0.1, 0.15) is 32.3 Å². The summed E-state index contributed by atoms with van der Waals surface area (Å²) in [6.07, 6.45) is 10.1. The lowest BCUT2D eigenvalue weighted by Crippen LogP contribution is -2.25. The number of benzene rings is 1. The Morgan fingerprint density at radius 2 is 2.08 bits per heavy atom. The Morgan fingerprint density at radius 1 is 1.36 bits per heavy atom. The lowest BCUT2D eigenvalue weighted by Gasteiger charge is -2.04. The van der Waals surface area contributed by atoms with Crippen molar-refractivity contribution in [1.29, 1.82) is 5.26 Å². The second-order valence-corrected chi connectivity index (χ2v) is 5.14. The molecule has 0 aliphatic rings. The average molecular weight is 337 g/mol. The summed E-state index contributed by atoms with van der Waals surface area (Å²) in [5.74, 6) is -0.220. The molecular weight excluding hydrogens is 314 g/mol. The van der Waals surface area contributed by atoms with E-state index in [-0.39, 0.29) is 11.3 Å². The Balaban J connectivity index is 2.60. The van der Waals surface area contributed by atoms with E-state index in [1.807, 2.05) is 26.0 Å². The van der Waals surface area contributed by atoms with Gasteiger partial charge in [-0.05, 0) is 37.1 Å². The molecule has 0 radical (unpaired) electrons. The van der Waals surface area contributed by atoms with Crippen molar-refractivity contribution in [2.75, 3.05) is 6.54 Å². The van der Waals surface area contributed by atoms with Gasteiger partial charge in [0.05, 0.1) is 0 Å². The maximum absolute atomic E-state index is 12.0. The minimum Gasteiger partial charge on any atom is -0.508 e. The maximum Gasteiger partial charge on any atom is 0.261 e. The molecule has 0 fully saturated rings. The van der Waals surface area contributed by atoms with E-state index in [4.69, 9.17) is 5.26 Å². The molecular formula is C20H23N3O2. The first-order valence-corrected chi connectivity index (χ1v) is 8.14. The van der Waals surface area contributed by atoms with Gasteiger partial charge in [-0.2, -0.15) is 5.26 Å². The number of phenolic OH excluding ortho intramolecular Hbond substituents is 1. The van der Waals surface area contributed by atoms with Crippen LogP contribution in [-0.2, 0) is 4.79 Å². The highest BCUT2D eigenvalue weighted by Gasteiger charge is 2.07. The summed E-state index contributed by atoms with van der Waals surface area (Å²) in [5.41, 5.74) is 1.81. The first-order chi connectivity index (χ1) is 12.1. The molecule has 5 nitrogen and oxygen atoms in total. The number of carbonyl (C=O) groups is 1. The van der Waals surface area contributed by atoms with Crippen molar-refractivity contribution < 1.29 is 9.90 Å². The predicted octanol–water partition coefficient (Wildman–Crippen LogP) is 3.75. The highest BCUT2D eigenvalue weighted by atomic mass is 16.3. The summed E-state index contributed by atoms with van der Waals surface area (Å²) in [4.78, 5) is 16.3. The van der Waals surface area contributed by atoms with Crippen LogP contribution < -0.4 is 5.32 Å². The van der Waals surface area contributed by atoms with Crippen LogP contribution in [0.5, 0.6) is 5.75 Å². The van der Waals surface area contributed by atoms with Crippen LogP contribution in [0.3, 0.4) is 0 Å². The lowest BCUT2D eigenvalue weighted by molar-refractivity contribution is -0.117.